The zero-order valence-electron chi connectivity index (χ0n) is 16.5. The van der Waals surface area contributed by atoms with Crippen LogP contribution in [0.3, 0.4) is 0 Å². The molecule has 4 rings (SSSR count). The van der Waals surface area contributed by atoms with E-state index in [1.165, 1.54) is 5.56 Å². The Morgan fingerprint density at radius 3 is 2.50 bits per heavy atom. The van der Waals surface area contributed by atoms with Crippen LogP contribution >= 0.6 is 0 Å². The SMILES string of the molecule is CCc1ccc(-c2c[nH]c(-c3cccc(C(=O)N4CCN(C)CC4)c3)n2)cc1. The molecule has 1 N–H and O–H groups in total. The number of H-pyrrole nitrogens is 1. The van der Waals surface area contributed by atoms with Gasteiger partial charge >= 0.3 is 0 Å². The zero-order chi connectivity index (χ0) is 19.5. The van der Waals surface area contributed by atoms with Gasteiger partial charge in [-0.15, -0.1) is 0 Å². The number of aromatic nitrogens is 2. The Balaban J connectivity index is 1.54. The summed E-state index contributed by atoms with van der Waals surface area (Å²) in [5.41, 5.74) is 4.95. The summed E-state index contributed by atoms with van der Waals surface area (Å²) in [6.45, 7) is 5.54. The van der Waals surface area contributed by atoms with Crippen LogP contribution in [0.1, 0.15) is 22.8 Å². The average molecular weight is 374 g/mol. The molecule has 0 unspecified atom stereocenters. The van der Waals surface area contributed by atoms with Gasteiger partial charge in [-0.05, 0) is 31.2 Å². The number of carbonyl (C=O) groups is 1. The molecule has 0 saturated carbocycles. The van der Waals surface area contributed by atoms with Crippen LogP contribution in [0, 0.1) is 0 Å². The number of benzene rings is 2. The third kappa shape index (κ3) is 3.85. The monoisotopic (exact) mass is 374 g/mol. The highest BCUT2D eigenvalue weighted by atomic mass is 16.2. The minimum Gasteiger partial charge on any atom is -0.344 e. The number of hydrogen-bond acceptors (Lipinski definition) is 3. The molecule has 1 aliphatic heterocycles. The number of piperazine rings is 1. The predicted octanol–water partition coefficient (Wildman–Crippen LogP) is 3.69. The molecule has 144 valence electrons. The van der Waals surface area contributed by atoms with Crippen molar-refractivity contribution in [2.75, 3.05) is 33.2 Å². The Bertz CT molecular complexity index is 953. The highest BCUT2D eigenvalue weighted by Gasteiger charge is 2.20. The van der Waals surface area contributed by atoms with Gasteiger partial charge in [-0.25, -0.2) is 4.98 Å². The molecule has 0 aliphatic carbocycles. The van der Waals surface area contributed by atoms with Crippen LogP contribution in [0.5, 0.6) is 0 Å². The number of carbonyl (C=O) groups excluding carboxylic acids is 1. The Morgan fingerprint density at radius 1 is 1.04 bits per heavy atom. The van der Waals surface area contributed by atoms with E-state index in [0.717, 1.165) is 55.2 Å². The maximum atomic E-state index is 12.9. The molecule has 0 atom stereocenters. The van der Waals surface area contributed by atoms with Crippen LogP contribution in [0.15, 0.2) is 54.7 Å². The van der Waals surface area contributed by atoms with Gasteiger partial charge in [0, 0.05) is 49.1 Å². The van der Waals surface area contributed by atoms with Crippen molar-refractivity contribution >= 4 is 5.91 Å². The van der Waals surface area contributed by atoms with Gasteiger partial charge in [0.15, 0.2) is 0 Å². The third-order valence-electron chi connectivity index (χ3n) is 5.41. The molecular formula is C23H26N4O. The predicted molar refractivity (Wildman–Crippen MR) is 112 cm³/mol. The first-order valence-electron chi connectivity index (χ1n) is 9.87. The first kappa shape index (κ1) is 18.4. The Labute approximate surface area is 166 Å². The van der Waals surface area contributed by atoms with Crippen molar-refractivity contribution in [2.45, 2.75) is 13.3 Å². The number of likely N-dealkylation sites (N-methyl/N-ethyl adjacent to an activating group) is 1. The lowest BCUT2D eigenvalue weighted by molar-refractivity contribution is 0.0664. The summed E-state index contributed by atoms with van der Waals surface area (Å²) < 4.78 is 0. The van der Waals surface area contributed by atoms with E-state index in [1.54, 1.807) is 0 Å². The molecule has 3 aromatic rings. The average Bonchev–Trinajstić information content (AvgIpc) is 3.24. The first-order chi connectivity index (χ1) is 13.6. The maximum absolute atomic E-state index is 12.9. The van der Waals surface area contributed by atoms with Crippen LogP contribution in [-0.2, 0) is 6.42 Å². The third-order valence-corrected chi connectivity index (χ3v) is 5.41. The van der Waals surface area contributed by atoms with Gasteiger partial charge in [-0.2, -0.15) is 0 Å². The maximum Gasteiger partial charge on any atom is 0.253 e. The van der Waals surface area contributed by atoms with E-state index < -0.39 is 0 Å². The van der Waals surface area contributed by atoms with Crippen LogP contribution in [0.25, 0.3) is 22.6 Å². The molecule has 28 heavy (non-hydrogen) atoms. The van der Waals surface area contributed by atoms with Crippen LogP contribution < -0.4 is 0 Å². The Kier molecular flexibility index (Phi) is 5.26. The van der Waals surface area contributed by atoms with Gasteiger partial charge in [0.1, 0.15) is 5.82 Å². The highest BCUT2D eigenvalue weighted by molar-refractivity contribution is 5.95. The number of aryl methyl sites for hydroxylation is 1. The second kappa shape index (κ2) is 7.98. The largest absolute Gasteiger partial charge is 0.344 e. The van der Waals surface area contributed by atoms with E-state index >= 15 is 0 Å². The van der Waals surface area contributed by atoms with Gasteiger partial charge in [0.05, 0.1) is 5.69 Å². The summed E-state index contributed by atoms with van der Waals surface area (Å²) in [5, 5.41) is 0. The molecule has 1 aliphatic rings. The smallest absolute Gasteiger partial charge is 0.253 e. The van der Waals surface area contributed by atoms with E-state index in [1.807, 2.05) is 35.4 Å². The van der Waals surface area contributed by atoms with Crippen molar-refractivity contribution in [3.63, 3.8) is 0 Å². The van der Waals surface area contributed by atoms with Gasteiger partial charge < -0.3 is 14.8 Å². The molecule has 1 fully saturated rings. The lowest BCUT2D eigenvalue weighted by Crippen LogP contribution is -2.47. The lowest BCUT2D eigenvalue weighted by Gasteiger charge is -2.32. The molecule has 0 spiro atoms. The lowest BCUT2D eigenvalue weighted by atomic mass is 10.1. The fourth-order valence-corrected chi connectivity index (χ4v) is 3.52. The Morgan fingerprint density at radius 2 is 1.79 bits per heavy atom. The van der Waals surface area contributed by atoms with Crippen molar-refractivity contribution in [3.8, 4) is 22.6 Å². The molecule has 5 heteroatoms. The Hall–Kier alpha value is -2.92. The van der Waals surface area contributed by atoms with Crippen molar-refractivity contribution in [1.82, 2.24) is 19.8 Å². The minimum absolute atomic E-state index is 0.0943. The van der Waals surface area contributed by atoms with Crippen molar-refractivity contribution < 1.29 is 4.79 Å². The number of rotatable bonds is 4. The normalized spacial score (nSPS) is 15.0. The van der Waals surface area contributed by atoms with E-state index in [-0.39, 0.29) is 5.91 Å². The highest BCUT2D eigenvalue weighted by Crippen LogP contribution is 2.24. The van der Waals surface area contributed by atoms with Gasteiger partial charge in [-0.1, -0.05) is 43.3 Å². The molecule has 1 saturated heterocycles. The quantitative estimate of drug-likeness (QED) is 0.758. The summed E-state index contributed by atoms with van der Waals surface area (Å²) in [4.78, 5) is 25.0. The molecular weight excluding hydrogens is 348 g/mol. The first-order valence-corrected chi connectivity index (χ1v) is 9.87. The van der Waals surface area contributed by atoms with Crippen molar-refractivity contribution in [1.29, 1.82) is 0 Å². The standard InChI is InChI=1S/C23H26N4O/c1-3-17-7-9-18(10-8-17)21-16-24-22(25-21)19-5-4-6-20(15-19)23(28)27-13-11-26(2)12-14-27/h4-10,15-16H,3,11-14H2,1-2H3,(H,24,25). The second-order valence-corrected chi connectivity index (χ2v) is 7.36. The zero-order valence-corrected chi connectivity index (χ0v) is 16.5. The van der Waals surface area contributed by atoms with Gasteiger partial charge in [0.2, 0.25) is 0 Å². The summed E-state index contributed by atoms with van der Waals surface area (Å²) >= 11 is 0. The molecule has 0 radical (unpaired) electrons. The molecule has 0 bridgehead atoms. The summed E-state index contributed by atoms with van der Waals surface area (Å²) in [6.07, 6.45) is 2.95. The van der Waals surface area contributed by atoms with E-state index in [0.29, 0.717) is 5.56 Å². The summed E-state index contributed by atoms with van der Waals surface area (Å²) in [7, 11) is 2.09. The fraction of sp³-hybridized carbons (Fsp3) is 0.304. The van der Waals surface area contributed by atoms with Gasteiger partial charge in [0.25, 0.3) is 5.91 Å². The van der Waals surface area contributed by atoms with E-state index in [9.17, 15) is 4.79 Å². The minimum atomic E-state index is 0.0943. The summed E-state index contributed by atoms with van der Waals surface area (Å²) in [6, 6.07) is 16.2. The number of nitrogens with one attached hydrogen (secondary N) is 1. The van der Waals surface area contributed by atoms with Gasteiger partial charge in [-0.3, -0.25) is 4.79 Å². The van der Waals surface area contributed by atoms with E-state index in [4.69, 9.17) is 4.98 Å². The number of hydrogen-bond donors (Lipinski definition) is 1. The number of amides is 1. The molecule has 2 aromatic carbocycles. The molecule has 5 nitrogen and oxygen atoms in total. The summed E-state index contributed by atoms with van der Waals surface area (Å²) in [5.74, 6) is 0.875. The topological polar surface area (TPSA) is 52.2 Å². The van der Waals surface area contributed by atoms with Crippen LogP contribution in [-0.4, -0.2) is 58.9 Å². The van der Waals surface area contributed by atoms with Crippen LogP contribution in [0.4, 0.5) is 0 Å². The molecule has 2 heterocycles. The van der Waals surface area contributed by atoms with Crippen molar-refractivity contribution in [3.05, 3.63) is 65.9 Å². The molecule has 1 aromatic heterocycles. The second-order valence-electron chi connectivity index (χ2n) is 7.36. The number of aromatic amines is 1. The van der Waals surface area contributed by atoms with E-state index in [2.05, 4.69) is 48.1 Å². The molecule has 1 amide bonds. The fourth-order valence-electron chi connectivity index (χ4n) is 3.52. The number of nitrogens with zero attached hydrogens (tertiary/aromatic N) is 3. The number of imidazole rings is 1. The van der Waals surface area contributed by atoms with Crippen LogP contribution in [0.2, 0.25) is 0 Å². The van der Waals surface area contributed by atoms with Crippen molar-refractivity contribution in [2.24, 2.45) is 0 Å².